The first-order chi connectivity index (χ1) is 17.4. The molecule has 2 amide bonds. The first-order valence-electron chi connectivity index (χ1n) is 12.0. The van der Waals surface area contributed by atoms with Crippen molar-refractivity contribution in [3.05, 3.63) is 70.3 Å². The third-order valence-corrected chi connectivity index (χ3v) is 6.77. The summed E-state index contributed by atoms with van der Waals surface area (Å²) in [5.41, 5.74) is 6.58. The van der Waals surface area contributed by atoms with Crippen LogP contribution in [0.2, 0.25) is 0 Å². The minimum Gasteiger partial charge on any atom is -0.359 e. The molecule has 0 saturated heterocycles. The number of rotatable bonds is 11. The van der Waals surface area contributed by atoms with Crippen molar-refractivity contribution < 1.29 is 9.59 Å². The number of carbonyl (C=O) groups is 2. The summed E-state index contributed by atoms with van der Waals surface area (Å²) in [4.78, 5) is 36.8. The molecule has 0 bridgehead atoms. The fourth-order valence-corrected chi connectivity index (χ4v) is 4.63. The fourth-order valence-electron chi connectivity index (χ4n) is 4.10. The van der Waals surface area contributed by atoms with Crippen LogP contribution in [0.3, 0.4) is 0 Å². The van der Waals surface area contributed by atoms with Crippen LogP contribution in [-0.4, -0.2) is 43.6 Å². The van der Waals surface area contributed by atoms with Crippen LogP contribution in [0.5, 0.6) is 0 Å². The standard InChI is InChI=1S/C26H31N7O2S/c1-17-13-18(2)33(32-17)20-11-9-19(10-12-20)22-14-29-25(30-22)21(7-5-4-6-8-24(34)27-3)31-26(35)23-15-28-16-36-23/h9-16,21H,4-8H2,1-3H3,(H,27,34)(H,29,30)(H,31,35)/t21-/m0/s1. The Balaban J connectivity index is 1.46. The zero-order chi connectivity index (χ0) is 25.5. The Morgan fingerprint density at radius 2 is 1.92 bits per heavy atom. The molecule has 36 heavy (non-hydrogen) atoms. The Labute approximate surface area is 214 Å². The SMILES string of the molecule is CNC(=O)CCCCC[C@H](NC(=O)c1cncs1)c1ncc(-c2ccc(-n3nc(C)cc3C)cc2)[nH]1. The number of nitrogens with one attached hydrogen (secondary N) is 3. The summed E-state index contributed by atoms with van der Waals surface area (Å²) in [5.74, 6) is 0.585. The molecular weight excluding hydrogens is 474 g/mol. The van der Waals surface area contributed by atoms with Crippen LogP contribution in [0, 0.1) is 13.8 Å². The van der Waals surface area contributed by atoms with Gasteiger partial charge in [-0.3, -0.25) is 14.6 Å². The quantitative estimate of drug-likeness (QED) is 0.259. The zero-order valence-corrected chi connectivity index (χ0v) is 21.6. The lowest BCUT2D eigenvalue weighted by Gasteiger charge is -2.16. The third-order valence-electron chi connectivity index (χ3n) is 5.99. The van der Waals surface area contributed by atoms with Gasteiger partial charge < -0.3 is 15.6 Å². The largest absolute Gasteiger partial charge is 0.359 e. The molecular formula is C26H31N7O2S. The van der Waals surface area contributed by atoms with Gasteiger partial charge in [0.05, 0.1) is 41.0 Å². The number of carbonyl (C=O) groups excluding carboxylic acids is 2. The maximum atomic E-state index is 12.7. The first kappa shape index (κ1) is 25.3. The molecule has 0 fully saturated rings. The normalized spacial score (nSPS) is 11.9. The lowest BCUT2D eigenvalue weighted by molar-refractivity contribution is -0.120. The molecule has 1 aromatic carbocycles. The Morgan fingerprint density at radius 3 is 2.58 bits per heavy atom. The number of amides is 2. The van der Waals surface area contributed by atoms with Crippen LogP contribution in [0.15, 0.2) is 48.2 Å². The molecule has 0 aliphatic carbocycles. The number of hydrogen-bond acceptors (Lipinski definition) is 6. The fraction of sp³-hybridized carbons (Fsp3) is 0.346. The van der Waals surface area contributed by atoms with Crippen LogP contribution >= 0.6 is 11.3 Å². The Hall–Kier alpha value is -3.79. The number of imidazole rings is 1. The number of aromatic amines is 1. The van der Waals surface area contributed by atoms with Gasteiger partial charge in [0.2, 0.25) is 5.91 Å². The molecule has 0 aliphatic heterocycles. The van der Waals surface area contributed by atoms with E-state index in [1.807, 2.05) is 48.9 Å². The molecule has 0 unspecified atom stereocenters. The van der Waals surface area contributed by atoms with Crippen molar-refractivity contribution in [2.24, 2.45) is 0 Å². The van der Waals surface area contributed by atoms with Gasteiger partial charge in [-0.2, -0.15) is 5.10 Å². The summed E-state index contributed by atoms with van der Waals surface area (Å²) < 4.78 is 1.92. The summed E-state index contributed by atoms with van der Waals surface area (Å²) in [7, 11) is 1.65. The van der Waals surface area contributed by atoms with Gasteiger partial charge in [0, 0.05) is 19.2 Å². The first-order valence-corrected chi connectivity index (χ1v) is 12.9. The number of nitrogens with zero attached hydrogens (tertiary/aromatic N) is 4. The summed E-state index contributed by atoms with van der Waals surface area (Å²) in [6.45, 7) is 4.02. The molecule has 3 heterocycles. The topological polar surface area (TPSA) is 118 Å². The summed E-state index contributed by atoms with van der Waals surface area (Å²) >= 11 is 1.30. The number of benzene rings is 1. The van der Waals surface area contributed by atoms with Gasteiger partial charge in [-0.25, -0.2) is 9.67 Å². The van der Waals surface area contributed by atoms with Crippen molar-refractivity contribution >= 4 is 23.2 Å². The van der Waals surface area contributed by atoms with E-state index in [0.717, 1.165) is 47.6 Å². The highest BCUT2D eigenvalue weighted by Crippen LogP contribution is 2.24. The molecule has 3 aromatic heterocycles. The van der Waals surface area contributed by atoms with Crippen molar-refractivity contribution in [1.29, 1.82) is 0 Å². The zero-order valence-electron chi connectivity index (χ0n) is 20.7. The van der Waals surface area contributed by atoms with Crippen molar-refractivity contribution in [3.63, 3.8) is 0 Å². The van der Waals surface area contributed by atoms with Gasteiger partial charge in [0.1, 0.15) is 10.7 Å². The second-order valence-corrected chi connectivity index (χ2v) is 9.62. The number of hydrogen-bond donors (Lipinski definition) is 3. The van der Waals surface area contributed by atoms with Crippen molar-refractivity contribution in [2.75, 3.05) is 7.05 Å². The van der Waals surface area contributed by atoms with Crippen molar-refractivity contribution in [2.45, 2.75) is 52.0 Å². The molecule has 0 radical (unpaired) electrons. The molecule has 9 nitrogen and oxygen atoms in total. The van der Waals surface area contributed by atoms with Gasteiger partial charge in [-0.15, -0.1) is 11.3 Å². The number of aryl methyl sites for hydroxylation is 2. The van der Waals surface area contributed by atoms with E-state index in [4.69, 9.17) is 0 Å². The molecule has 4 rings (SSSR count). The summed E-state index contributed by atoms with van der Waals surface area (Å²) in [5, 5.41) is 10.3. The monoisotopic (exact) mass is 505 g/mol. The lowest BCUT2D eigenvalue weighted by atomic mass is 10.1. The molecule has 0 aliphatic rings. The van der Waals surface area contributed by atoms with Gasteiger partial charge in [0.15, 0.2) is 0 Å². The van der Waals surface area contributed by atoms with E-state index in [9.17, 15) is 9.59 Å². The molecule has 3 N–H and O–H groups in total. The number of H-pyrrole nitrogens is 1. The van der Waals surface area contributed by atoms with E-state index in [-0.39, 0.29) is 17.9 Å². The maximum absolute atomic E-state index is 12.7. The third kappa shape index (κ3) is 6.25. The Kier molecular flexibility index (Phi) is 8.27. The van der Waals surface area contributed by atoms with E-state index in [1.165, 1.54) is 11.3 Å². The summed E-state index contributed by atoms with van der Waals surface area (Å²) in [6, 6.07) is 9.91. The number of aromatic nitrogens is 5. The van der Waals surface area contributed by atoms with Crippen molar-refractivity contribution in [1.82, 2.24) is 35.4 Å². The Morgan fingerprint density at radius 1 is 1.11 bits per heavy atom. The van der Waals surface area contributed by atoms with Gasteiger partial charge in [-0.05, 0) is 50.5 Å². The second kappa shape index (κ2) is 11.8. The van der Waals surface area contributed by atoms with Gasteiger partial charge in [-0.1, -0.05) is 25.0 Å². The maximum Gasteiger partial charge on any atom is 0.263 e. The minimum atomic E-state index is -0.276. The van der Waals surface area contributed by atoms with E-state index >= 15 is 0 Å². The predicted molar refractivity (Wildman–Crippen MR) is 140 cm³/mol. The molecule has 10 heteroatoms. The highest BCUT2D eigenvalue weighted by Gasteiger charge is 2.20. The number of thiazole rings is 1. The van der Waals surface area contributed by atoms with E-state index in [2.05, 4.69) is 30.7 Å². The minimum absolute atomic E-state index is 0.0459. The van der Waals surface area contributed by atoms with E-state index in [0.29, 0.717) is 23.5 Å². The van der Waals surface area contributed by atoms with E-state index in [1.54, 1.807) is 25.0 Å². The molecule has 188 valence electrons. The predicted octanol–water partition coefficient (Wildman–Crippen LogP) is 4.50. The van der Waals surface area contributed by atoms with Crippen LogP contribution in [0.25, 0.3) is 16.9 Å². The Bertz CT molecular complexity index is 1290. The molecule has 0 spiro atoms. The van der Waals surface area contributed by atoms with Gasteiger partial charge in [0.25, 0.3) is 5.91 Å². The average Bonchev–Trinajstić information content (AvgIpc) is 3.64. The highest BCUT2D eigenvalue weighted by molar-refractivity contribution is 7.11. The highest BCUT2D eigenvalue weighted by atomic mass is 32.1. The summed E-state index contributed by atoms with van der Waals surface area (Å²) in [6.07, 6.45) is 7.14. The van der Waals surface area contributed by atoms with Crippen LogP contribution < -0.4 is 10.6 Å². The lowest BCUT2D eigenvalue weighted by Crippen LogP contribution is -2.28. The van der Waals surface area contributed by atoms with Crippen LogP contribution in [0.4, 0.5) is 0 Å². The number of unbranched alkanes of at least 4 members (excludes halogenated alkanes) is 2. The van der Waals surface area contributed by atoms with Crippen LogP contribution in [-0.2, 0) is 4.79 Å². The average molecular weight is 506 g/mol. The molecule has 0 saturated carbocycles. The van der Waals surface area contributed by atoms with Gasteiger partial charge >= 0.3 is 0 Å². The van der Waals surface area contributed by atoms with Crippen molar-refractivity contribution in [3.8, 4) is 16.9 Å². The van der Waals surface area contributed by atoms with E-state index < -0.39 is 0 Å². The second-order valence-electron chi connectivity index (χ2n) is 8.73. The molecule has 1 atom stereocenters. The molecule has 4 aromatic rings. The van der Waals surface area contributed by atoms with Crippen LogP contribution in [0.1, 0.15) is 65.0 Å². The smallest absolute Gasteiger partial charge is 0.263 e.